The minimum Gasteiger partial charge on any atom is -0.481 e. The number of nitrogens with one attached hydrogen (secondary N) is 1. The summed E-state index contributed by atoms with van der Waals surface area (Å²) in [5, 5.41) is 6.66. The second-order valence-corrected chi connectivity index (χ2v) is 7.02. The van der Waals surface area contributed by atoms with Crippen LogP contribution in [0.3, 0.4) is 0 Å². The molecule has 1 N–H and O–H groups in total. The Morgan fingerprint density at radius 1 is 1.27 bits per heavy atom. The summed E-state index contributed by atoms with van der Waals surface area (Å²) in [4.78, 5) is 4.68. The first-order valence-corrected chi connectivity index (χ1v) is 8.18. The highest BCUT2D eigenvalue weighted by Gasteiger charge is 2.17. The summed E-state index contributed by atoms with van der Waals surface area (Å²) in [5.74, 6) is 3.33. The summed E-state index contributed by atoms with van der Waals surface area (Å²) in [5.41, 5.74) is 2.35. The number of hydrogen-bond donors (Lipinski definition) is 1. The molecule has 0 aliphatic rings. The van der Waals surface area contributed by atoms with Crippen LogP contribution in [0.1, 0.15) is 37.0 Å². The first-order valence-electron chi connectivity index (χ1n) is 7.30. The minimum atomic E-state index is 0.102. The van der Waals surface area contributed by atoms with E-state index in [9.17, 15) is 0 Å². The number of aromatic nitrogens is 1. The molecule has 2 aromatic rings. The number of para-hydroxylation sites is 1. The first-order chi connectivity index (χ1) is 10.5. The van der Waals surface area contributed by atoms with E-state index in [0.717, 1.165) is 35.1 Å². The number of benzene rings is 1. The molecular formula is C18H22N2OS. The second-order valence-electron chi connectivity index (χ2n) is 6.08. The smallest absolute Gasteiger partial charge is 0.148 e. The van der Waals surface area contributed by atoms with Gasteiger partial charge < -0.3 is 10.1 Å². The molecule has 4 heteroatoms. The fraction of sp³-hybridized carbons (Fsp3) is 0.389. The number of hydrogen-bond acceptors (Lipinski definition) is 4. The van der Waals surface area contributed by atoms with Crippen LogP contribution in [0.15, 0.2) is 29.6 Å². The molecule has 3 nitrogen and oxygen atoms in total. The van der Waals surface area contributed by atoms with Gasteiger partial charge in [-0.3, -0.25) is 0 Å². The van der Waals surface area contributed by atoms with Crippen LogP contribution >= 0.6 is 11.3 Å². The molecule has 2 rings (SSSR count). The van der Waals surface area contributed by atoms with Gasteiger partial charge in [0.25, 0.3) is 0 Å². The van der Waals surface area contributed by atoms with Gasteiger partial charge in [0.05, 0.1) is 5.69 Å². The maximum Gasteiger partial charge on any atom is 0.148 e. The van der Waals surface area contributed by atoms with E-state index in [1.807, 2.05) is 24.3 Å². The van der Waals surface area contributed by atoms with Crippen molar-refractivity contribution in [2.75, 3.05) is 6.61 Å². The van der Waals surface area contributed by atoms with Gasteiger partial charge in [0.15, 0.2) is 0 Å². The molecule has 0 saturated heterocycles. The summed E-state index contributed by atoms with van der Waals surface area (Å²) in [6.07, 6.45) is 5.24. The number of rotatable bonds is 6. The molecule has 0 radical (unpaired) electrons. The van der Waals surface area contributed by atoms with Crippen molar-refractivity contribution < 1.29 is 4.74 Å². The topological polar surface area (TPSA) is 34.1 Å². The standard InChI is InChI=1S/C18H22N2OS/c1-5-10-21-15-9-7-6-8-14(15)11-19-12-17-20-16(13-22-17)18(2,3)4/h1,6-9,13,19H,10-12H2,2-4H3. The molecule has 0 unspecified atom stereocenters. The van der Waals surface area contributed by atoms with E-state index in [4.69, 9.17) is 11.2 Å². The van der Waals surface area contributed by atoms with E-state index < -0.39 is 0 Å². The lowest BCUT2D eigenvalue weighted by molar-refractivity contribution is 0.364. The minimum absolute atomic E-state index is 0.102. The van der Waals surface area contributed by atoms with E-state index >= 15 is 0 Å². The zero-order chi connectivity index (χ0) is 16.0. The Labute approximate surface area is 136 Å². The monoisotopic (exact) mass is 314 g/mol. The molecule has 0 bridgehead atoms. The Hall–Kier alpha value is -1.83. The predicted octanol–water partition coefficient (Wildman–Crippen LogP) is 3.74. The number of nitrogens with zero attached hydrogens (tertiary/aromatic N) is 1. The third kappa shape index (κ3) is 4.59. The van der Waals surface area contributed by atoms with E-state index in [1.54, 1.807) is 11.3 Å². The van der Waals surface area contributed by atoms with Crippen LogP contribution in [-0.4, -0.2) is 11.6 Å². The van der Waals surface area contributed by atoms with Crippen LogP contribution in [0.25, 0.3) is 0 Å². The molecule has 1 heterocycles. The van der Waals surface area contributed by atoms with E-state index in [2.05, 4.69) is 42.4 Å². The summed E-state index contributed by atoms with van der Waals surface area (Å²) < 4.78 is 5.55. The van der Waals surface area contributed by atoms with Crippen LogP contribution in [-0.2, 0) is 18.5 Å². The zero-order valence-corrected chi connectivity index (χ0v) is 14.2. The zero-order valence-electron chi connectivity index (χ0n) is 13.3. The van der Waals surface area contributed by atoms with Crippen LogP contribution in [0, 0.1) is 12.3 Å². The average molecular weight is 314 g/mol. The molecule has 0 aliphatic carbocycles. The van der Waals surface area contributed by atoms with Crippen LogP contribution in [0.5, 0.6) is 5.75 Å². The van der Waals surface area contributed by atoms with Crippen molar-refractivity contribution in [1.82, 2.24) is 10.3 Å². The van der Waals surface area contributed by atoms with E-state index in [1.165, 1.54) is 0 Å². The Bertz CT molecular complexity index is 650. The largest absolute Gasteiger partial charge is 0.481 e. The third-order valence-corrected chi connectivity index (χ3v) is 4.04. The fourth-order valence-electron chi connectivity index (χ4n) is 1.95. The molecule has 0 fully saturated rings. The van der Waals surface area contributed by atoms with Gasteiger partial charge in [-0.05, 0) is 6.07 Å². The van der Waals surface area contributed by atoms with Crippen molar-refractivity contribution in [3.05, 3.63) is 45.9 Å². The summed E-state index contributed by atoms with van der Waals surface area (Å²) in [6, 6.07) is 7.93. The molecule has 1 aromatic carbocycles. The van der Waals surface area contributed by atoms with Gasteiger partial charge in [-0.1, -0.05) is 44.9 Å². The summed E-state index contributed by atoms with van der Waals surface area (Å²) in [6.45, 7) is 8.31. The highest BCUT2D eigenvalue weighted by Crippen LogP contribution is 2.24. The fourth-order valence-corrected chi connectivity index (χ4v) is 2.94. The first kappa shape index (κ1) is 16.5. The highest BCUT2D eigenvalue weighted by molar-refractivity contribution is 7.09. The third-order valence-electron chi connectivity index (χ3n) is 3.20. The Balaban J connectivity index is 1.91. The Kier molecular flexibility index (Phi) is 5.59. The lowest BCUT2D eigenvalue weighted by Gasteiger charge is -2.14. The van der Waals surface area contributed by atoms with Crippen molar-refractivity contribution >= 4 is 11.3 Å². The van der Waals surface area contributed by atoms with Crippen molar-refractivity contribution in [1.29, 1.82) is 0 Å². The normalized spacial score (nSPS) is 11.2. The quantitative estimate of drug-likeness (QED) is 0.825. The van der Waals surface area contributed by atoms with Gasteiger partial charge in [0.2, 0.25) is 0 Å². The lowest BCUT2D eigenvalue weighted by atomic mass is 9.93. The van der Waals surface area contributed by atoms with Crippen molar-refractivity contribution in [2.45, 2.75) is 39.3 Å². The Morgan fingerprint density at radius 2 is 2.05 bits per heavy atom. The molecule has 0 spiro atoms. The summed E-state index contributed by atoms with van der Waals surface area (Å²) in [7, 11) is 0. The SMILES string of the molecule is C#CCOc1ccccc1CNCc1nc(C(C)(C)C)cs1. The average Bonchev–Trinajstić information content (AvgIpc) is 2.95. The number of thiazole rings is 1. The molecular weight excluding hydrogens is 292 g/mol. The van der Waals surface area contributed by atoms with E-state index in [0.29, 0.717) is 6.61 Å². The molecule has 0 amide bonds. The molecule has 0 atom stereocenters. The van der Waals surface area contributed by atoms with Crippen molar-refractivity contribution in [3.63, 3.8) is 0 Å². The highest BCUT2D eigenvalue weighted by atomic mass is 32.1. The van der Waals surface area contributed by atoms with Gasteiger partial charge in [-0.25, -0.2) is 4.98 Å². The van der Waals surface area contributed by atoms with Crippen molar-refractivity contribution in [2.24, 2.45) is 0 Å². The van der Waals surface area contributed by atoms with Crippen LogP contribution in [0.4, 0.5) is 0 Å². The van der Waals surface area contributed by atoms with Gasteiger partial charge in [-0.15, -0.1) is 17.8 Å². The van der Waals surface area contributed by atoms with Gasteiger partial charge in [0, 0.05) is 29.4 Å². The number of ether oxygens (including phenoxy) is 1. The predicted molar refractivity (Wildman–Crippen MR) is 92.1 cm³/mol. The molecule has 1 aromatic heterocycles. The number of terminal acetylenes is 1. The van der Waals surface area contributed by atoms with Gasteiger partial charge >= 0.3 is 0 Å². The molecule has 0 aliphatic heterocycles. The second kappa shape index (κ2) is 7.44. The Morgan fingerprint density at radius 3 is 2.73 bits per heavy atom. The van der Waals surface area contributed by atoms with E-state index in [-0.39, 0.29) is 5.41 Å². The van der Waals surface area contributed by atoms with Crippen LogP contribution < -0.4 is 10.1 Å². The lowest BCUT2D eigenvalue weighted by Crippen LogP contribution is -2.15. The molecule has 0 saturated carbocycles. The van der Waals surface area contributed by atoms with Gasteiger partial charge in [-0.2, -0.15) is 0 Å². The molecule has 116 valence electrons. The maximum absolute atomic E-state index is 5.55. The summed E-state index contributed by atoms with van der Waals surface area (Å²) >= 11 is 1.70. The van der Waals surface area contributed by atoms with Crippen molar-refractivity contribution in [3.8, 4) is 18.1 Å². The van der Waals surface area contributed by atoms with Crippen LogP contribution in [0.2, 0.25) is 0 Å². The maximum atomic E-state index is 5.55. The van der Waals surface area contributed by atoms with Gasteiger partial charge in [0.1, 0.15) is 17.4 Å². The molecule has 22 heavy (non-hydrogen) atoms.